The van der Waals surface area contributed by atoms with E-state index in [9.17, 15) is 9.18 Å². The number of halogens is 1. The van der Waals surface area contributed by atoms with Crippen LogP contribution in [0.25, 0.3) is 0 Å². The average Bonchev–Trinajstić information content (AvgIpc) is 3.25. The van der Waals surface area contributed by atoms with Gasteiger partial charge in [-0.15, -0.1) is 5.10 Å². The molecule has 0 N–H and O–H groups in total. The number of hydrogen-bond acceptors (Lipinski definition) is 6. The lowest BCUT2D eigenvalue weighted by molar-refractivity contribution is 0.129. The van der Waals surface area contributed by atoms with Crippen LogP contribution in [0.3, 0.4) is 0 Å². The number of nitrogens with zero attached hydrogens (tertiary/aromatic N) is 5. The highest BCUT2D eigenvalue weighted by Crippen LogP contribution is 2.29. The van der Waals surface area contributed by atoms with E-state index >= 15 is 0 Å². The minimum absolute atomic E-state index is 0.308. The third-order valence-electron chi connectivity index (χ3n) is 4.33. The minimum atomic E-state index is -0.466. The molecule has 2 fully saturated rings. The third-order valence-corrected chi connectivity index (χ3v) is 5.27. The molecule has 1 unspecified atom stereocenters. The normalized spacial score (nSPS) is 20.8. The van der Waals surface area contributed by atoms with Gasteiger partial charge in [-0.2, -0.15) is 11.8 Å². The maximum atomic E-state index is 14.6. The Kier molecular flexibility index (Phi) is 4.48. The first-order valence-electron chi connectivity index (χ1n) is 8.15. The Morgan fingerprint density at radius 3 is 2.88 bits per heavy atom. The number of carbonyl (C=O) groups is 1. The maximum absolute atomic E-state index is 14.6. The summed E-state index contributed by atoms with van der Waals surface area (Å²) in [5, 5.41) is 7.60. The standard InChI is InChI=1S/C16H18FN5O2S/c17-14-9-12(1-2-15(14)20-5-7-25-8-6-20)22-11-13(24-16(22)23)10-21-4-3-18-19-21/h1-4,9,13H,5-8,10-11H2. The predicted molar refractivity (Wildman–Crippen MR) is 93.6 cm³/mol. The summed E-state index contributed by atoms with van der Waals surface area (Å²) < 4.78 is 21.5. The number of benzene rings is 1. The Bertz CT molecular complexity index is 751. The smallest absolute Gasteiger partial charge is 0.414 e. The van der Waals surface area contributed by atoms with Gasteiger partial charge in [0.15, 0.2) is 0 Å². The molecule has 25 heavy (non-hydrogen) atoms. The first-order chi connectivity index (χ1) is 12.2. The van der Waals surface area contributed by atoms with E-state index in [4.69, 9.17) is 4.74 Å². The van der Waals surface area contributed by atoms with Crippen molar-refractivity contribution in [3.05, 3.63) is 36.4 Å². The lowest BCUT2D eigenvalue weighted by Crippen LogP contribution is -2.33. The third kappa shape index (κ3) is 3.41. The Hall–Kier alpha value is -2.29. The Morgan fingerprint density at radius 1 is 1.32 bits per heavy atom. The lowest BCUT2D eigenvalue weighted by atomic mass is 10.2. The Balaban J connectivity index is 1.47. The molecule has 2 aliphatic heterocycles. The molecule has 2 aliphatic rings. The van der Waals surface area contributed by atoms with Crippen molar-refractivity contribution in [3.63, 3.8) is 0 Å². The fraction of sp³-hybridized carbons (Fsp3) is 0.438. The summed E-state index contributed by atoms with van der Waals surface area (Å²) in [4.78, 5) is 15.6. The van der Waals surface area contributed by atoms with Crippen LogP contribution in [0.2, 0.25) is 0 Å². The molecule has 0 spiro atoms. The molecule has 0 aliphatic carbocycles. The van der Waals surface area contributed by atoms with Gasteiger partial charge in [-0.3, -0.25) is 4.90 Å². The van der Waals surface area contributed by atoms with E-state index in [1.807, 2.05) is 16.7 Å². The number of carbonyl (C=O) groups excluding carboxylic acids is 1. The van der Waals surface area contributed by atoms with Crippen molar-refractivity contribution in [1.82, 2.24) is 15.0 Å². The summed E-state index contributed by atoms with van der Waals surface area (Å²) in [6.45, 7) is 2.46. The number of aromatic nitrogens is 3. The molecular weight excluding hydrogens is 345 g/mol. The van der Waals surface area contributed by atoms with Crippen LogP contribution in [0, 0.1) is 5.82 Å². The van der Waals surface area contributed by atoms with Gasteiger partial charge in [0.25, 0.3) is 0 Å². The van der Waals surface area contributed by atoms with Gasteiger partial charge < -0.3 is 9.64 Å². The summed E-state index contributed by atoms with van der Waals surface area (Å²) in [5.41, 5.74) is 1.11. The maximum Gasteiger partial charge on any atom is 0.414 e. The number of amides is 1. The molecule has 1 aromatic carbocycles. The van der Waals surface area contributed by atoms with Crippen LogP contribution in [0.4, 0.5) is 20.6 Å². The molecule has 0 radical (unpaired) electrons. The minimum Gasteiger partial charge on any atom is -0.442 e. The van der Waals surface area contributed by atoms with Crippen LogP contribution in [-0.2, 0) is 11.3 Å². The summed E-state index contributed by atoms with van der Waals surface area (Å²) in [5.74, 6) is 1.70. The highest BCUT2D eigenvalue weighted by atomic mass is 32.2. The molecule has 3 heterocycles. The molecular formula is C16H18FN5O2S. The van der Waals surface area contributed by atoms with Crippen molar-refractivity contribution in [2.45, 2.75) is 12.6 Å². The van der Waals surface area contributed by atoms with Gasteiger partial charge >= 0.3 is 6.09 Å². The number of cyclic esters (lactones) is 1. The van der Waals surface area contributed by atoms with Crippen molar-refractivity contribution in [3.8, 4) is 0 Å². The number of thioether (sulfide) groups is 1. The van der Waals surface area contributed by atoms with Crippen molar-refractivity contribution in [2.75, 3.05) is 40.9 Å². The summed E-state index contributed by atoms with van der Waals surface area (Å²) in [7, 11) is 0. The molecule has 0 saturated carbocycles. The van der Waals surface area contributed by atoms with Crippen LogP contribution in [0.15, 0.2) is 30.6 Å². The second kappa shape index (κ2) is 6.91. The van der Waals surface area contributed by atoms with Crippen molar-refractivity contribution in [2.24, 2.45) is 0 Å². The molecule has 132 valence electrons. The highest BCUT2D eigenvalue weighted by Gasteiger charge is 2.33. The fourth-order valence-electron chi connectivity index (χ4n) is 3.09. The summed E-state index contributed by atoms with van der Waals surface area (Å²) in [6, 6.07) is 4.94. The zero-order valence-corrected chi connectivity index (χ0v) is 14.4. The largest absolute Gasteiger partial charge is 0.442 e. The molecule has 2 aromatic rings. The average molecular weight is 363 g/mol. The van der Waals surface area contributed by atoms with Gasteiger partial charge in [-0.1, -0.05) is 5.21 Å². The SMILES string of the molecule is O=C1OC(Cn2ccnn2)CN1c1ccc(N2CCSCC2)c(F)c1. The molecule has 9 heteroatoms. The molecule has 7 nitrogen and oxygen atoms in total. The number of rotatable bonds is 4. The van der Waals surface area contributed by atoms with Crippen LogP contribution in [0.5, 0.6) is 0 Å². The van der Waals surface area contributed by atoms with E-state index in [1.165, 1.54) is 11.0 Å². The first-order valence-corrected chi connectivity index (χ1v) is 9.30. The van der Waals surface area contributed by atoms with E-state index < -0.39 is 6.09 Å². The monoisotopic (exact) mass is 363 g/mol. The van der Waals surface area contributed by atoms with Crippen molar-refractivity contribution < 1.29 is 13.9 Å². The molecule has 1 aromatic heterocycles. The van der Waals surface area contributed by atoms with Gasteiger partial charge in [0, 0.05) is 30.8 Å². The van der Waals surface area contributed by atoms with Gasteiger partial charge in [-0.05, 0) is 18.2 Å². The lowest BCUT2D eigenvalue weighted by Gasteiger charge is -2.29. The predicted octanol–water partition coefficient (Wildman–Crippen LogP) is 2.00. The van der Waals surface area contributed by atoms with Crippen LogP contribution in [-0.4, -0.2) is 58.3 Å². The first kappa shape index (κ1) is 16.2. The van der Waals surface area contributed by atoms with E-state index in [-0.39, 0.29) is 11.9 Å². The van der Waals surface area contributed by atoms with Crippen molar-refractivity contribution >= 4 is 29.2 Å². The Labute approximate surface area is 148 Å². The summed E-state index contributed by atoms with van der Waals surface area (Å²) in [6.07, 6.45) is 2.48. The molecule has 2 saturated heterocycles. The molecule has 1 amide bonds. The molecule has 1 atom stereocenters. The summed E-state index contributed by atoms with van der Waals surface area (Å²) >= 11 is 1.88. The van der Waals surface area contributed by atoms with E-state index in [0.29, 0.717) is 24.5 Å². The zero-order valence-electron chi connectivity index (χ0n) is 13.5. The van der Waals surface area contributed by atoms with Crippen molar-refractivity contribution in [1.29, 1.82) is 0 Å². The van der Waals surface area contributed by atoms with Crippen LogP contribution in [0.1, 0.15) is 0 Å². The number of ether oxygens (including phenoxy) is 1. The topological polar surface area (TPSA) is 63.5 Å². The van der Waals surface area contributed by atoms with Gasteiger partial charge in [0.05, 0.1) is 30.7 Å². The van der Waals surface area contributed by atoms with Crippen LogP contribution >= 0.6 is 11.8 Å². The second-order valence-corrected chi connectivity index (χ2v) is 7.20. The fourth-order valence-corrected chi connectivity index (χ4v) is 3.99. The van der Waals surface area contributed by atoms with E-state index in [0.717, 1.165) is 24.6 Å². The van der Waals surface area contributed by atoms with E-state index in [2.05, 4.69) is 10.3 Å². The zero-order chi connectivity index (χ0) is 17.2. The molecule has 0 bridgehead atoms. The van der Waals surface area contributed by atoms with Gasteiger partial charge in [0.1, 0.15) is 11.9 Å². The second-order valence-electron chi connectivity index (χ2n) is 5.98. The van der Waals surface area contributed by atoms with Crippen LogP contribution < -0.4 is 9.80 Å². The van der Waals surface area contributed by atoms with Gasteiger partial charge in [-0.25, -0.2) is 13.9 Å². The quantitative estimate of drug-likeness (QED) is 0.828. The highest BCUT2D eigenvalue weighted by molar-refractivity contribution is 7.99. The van der Waals surface area contributed by atoms with E-state index in [1.54, 1.807) is 29.2 Å². The number of anilines is 2. The number of hydrogen-bond donors (Lipinski definition) is 0. The van der Waals surface area contributed by atoms with Gasteiger partial charge in [0.2, 0.25) is 0 Å². The Morgan fingerprint density at radius 2 is 2.16 bits per heavy atom. The molecule has 4 rings (SSSR count).